The monoisotopic (exact) mass is 438 g/mol. The number of aryl methyl sites for hydroxylation is 2. The van der Waals surface area contributed by atoms with Crippen LogP contribution in [0.4, 0.5) is 17.2 Å². The van der Waals surface area contributed by atoms with E-state index in [1.54, 1.807) is 30.3 Å². The van der Waals surface area contributed by atoms with Crippen LogP contribution in [0.15, 0.2) is 36.7 Å². The molecule has 0 saturated carbocycles. The van der Waals surface area contributed by atoms with Crippen molar-refractivity contribution in [3.05, 3.63) is 73.0 Å². The molecular weight excluding hydrogens is 427 g/mol. The molecule has 1 heterocycles. The largest absolute Gasteiger partial charge is 0.434 e. The molecule has 0 saturated heterocycles. The van der Waals surface area contributed by atoms with E-state index in [4.69, 9.17) is 39.5 Å². The van der Waals surface area contributed by atoms with Gasteiger partial charge in [0.15, 0.2) is 0 Å². The smallest absolute Gasteiger partial charge is 0.373 e. The third-order valence-electron chi connectivity index (χ3n) is 3.72. The van der Waals surface area contributed by atoms with Crippen molar-refractivity contribution >= 4 is 52.0 Å². The first-order chi connectivity index (χ1) is 13.2. The molecule has 2 aromatic carbocycles. The topological polar surface area (TPSA) is 90.2 Å². The molecule has 10 heteroatoms. The molecule has 0 aliphatic heterocycles. The molecule has 0 radical (unpaired) electrons. The van der Waals surface area contributed by atoms with Crippen LogP contribution in [0, 0.1) is 24.0 Å². The summed E-state index contributed by atoms with van der Waals surface area (Å²) in [6.07, 6.45) is 1.16. The Bertz CT molecular complexity index is 1030. The van der Waals surface area contributed by atoms with Gasteiger partial charge in [-0.05, 0) is 55.3 Å². The Hall–Kier alpha value is -2.61. The van der Waals surface area contributed by atoms with Crippen LogP contribution < -0.4 is 10.1 Å². The van der Waals surface area contributed by atoms with Gasteiger partial charge in [-0.3, -0.25) is 10.1 Å². The molecule has 0 aliphatic rings. The molecule has 0 atom stereocenters. The van der Waals surface area contributed by atoms with Crippen LogP contribution in [-0.4, -0.2) is 14.9 Å². The molecule has 3 aromatic rings. The lowest BCUT2D eigenvalue weighted by Gasteiger charge is -2.11. The van der Waals surface area contributed by atoms with Crippen molar-refractivity contribution in [2.75, 3.05) is 5.32 Å². The molecule has 0 amide bonds. The number of nitrogens with zero attached hydrogens (tertiary/aromatic N) is 3. The highest BCUT2D eigenvalue weighted by Crippen LogP contribution is 2.37. The van der Waals surface area contributed by atoms with E-state index in [1.165, 1.54) is 0 Å². The van der Waals surface area contributed by atoms with Gasteiger partial charge in [0, 0.05) is 20.8 Å². The first-order valence-electron chi connectivity index (χ1n) is 7.91. The molecule has 1 N–H and O–H groups in total. The van der Waals surface area contributed by atoms with Crippen molar-refractivity contribution in [3.63, 3.8) is 0 Å². The molecule has 0 aliphatic carbocycles. The fourth-order valence-corrected chi connectivity index (χ4v) is 3.17. The van der Waals surface area contributed by atoms with Gasteiger partial charge in [0.25, 0.3) is 0 Å². The number of rotatable bonds is 5. The average molecular weight is 440 g/mol. The van der Waals surface area contributed by atoms with Crippen molar-refractivity contribution in [3.8, 4) is 11.6 Å². The van der Waals surface area contributed by atoms with Crippen LogP contribution in [-0.2, 0) is 0 Å². The Morgan fingerprint density at radius 2 is 1.61 bits per heavy atom. The van der Waals surface area contributed by atoms with Crippen molar-refractivity contribution < 1.29 is 9.66 Å². The highest BCUT2D eigenvalue weighted by atomic mass is 35.5. The number of halogens is 3. The minimum atomic E-state index is -0.626. The Labute approximate surface area is 175 Å². The quantitative estimate of drug-likeness (QED) is 0.360. The third-order valence-corrected chi connectivity index (χ3v) is 4.75. The zero-order valence-electron chi connectivity index (χ0n) is 14.7. The summed E-state index contributed by atoms with van der Waals surface area (Å²) in [6, 6.07) is 8.01. The summed E-state index contributed by atoms with van der Waals surface area (Å²) < 4.78 is 5.67. The number of anilines is 2. The summed E-state index contributed by atoms with van der Waals surface area (Å²) in [5, 5.41) is 15.9. The number of aromatic nitrogens is 2. The van der Waals surface area contributed by atoms with Gasteiger partial charge in [0.05, 0.1) is 4.92 Å². The Morgan fingerprint density at radius 1 is 1.00 bits per heavy atom. The summed E-state index contributed by atoms with van der Waals surface area (Å²) in [6.45, 7) is 3.62. The van der Waals surface area contributed by atoms with Crippen molar-refractivity contribution in [1.29, 1.82) is 0 Å². The van der Waals surface area contributed by atoms with Gasteiger partial charge < -0.3 is 10.1 Å². The van der Waals surface area contributed by atoms with E-state index in [0.717, 1.165) is 17.5 Å². The minimum absolute atomic E-state index is 0.0595. The summed E-state index contributed by atoms with van der Waals surface area (Å²) in [5.41, 5.74) is 1.56. The molecular formula is C18H13Cl3N4O3. The maximum Gasteiger partial charge on any atom is 0.373 e. The van der Waals surface area contributed by atoms with E-state index in [9.17, 15) is 10.1 Å². The SMILES string of the molecule is Cc1cc(Oc2ncnc(Nc3cc(Cl)cc(Cl)c3)c2[N+](=O)[O-])cc(C)c1Cl. The maximum atomic E-state index is 11.7. The minimum Gasteiger partial charge on any atom is -0.434 e. The zero-order valence-corrected chi connectivity index (χ0v) is 16.9. The van der Waals surface area contributed by atoms with Crippen LogP contribution in [0.3, 0.4) is 0 Å². The summed E-state index contributed by atoms with van der Waals surface area (Å²) in [7, 11) is 0. The van der Waals surface area contributed by atoms with Gasteiger partial charge in [-0.15, -0.1) is 0 Å². The number of nitrogens with one attached hydrogen (secondary N) is 1. The van der Waals surface area contributed by atoms with Gasteiger partial charge in [-0.1, -0.05) is 34.8 Å². The first kappa shape index (κ1) is 20.1. The third kappa shape index (κ3) is 4.44. The van der Waals surface area contributed by atoms with E-state index in [-0.39, 0.29) is 11.7 Å². The Kier molecular flexibility index (Phi) is 5.88. The fourth-order valence-electron chi connectivity index (χ4n) is 2.53. The number of benzene rings is 2. The fraction of sp³-hybridized carbons (Fsp3) is 0.111. The lowest BCUT2D eigenvalue weighted by atomic mass is 10.1. The second kappa shape index (κ2) is 8.18. The van der Waals surface area contributed by atoms with Crippen LogP contribution >= 0.6 is 34.8 Å². The molecule has 144 valence electrons. The van der Waals surface area contributed by atoms with Crippen LogP contribution in [0.2, 0.25) is 15.1 Å². The Morgan fingerprint density at radius 3 is 2.18 bits per heavy atom. The van der Waals surface area contributed by atoms with E-state index < -0.39 is 10.6 Å². The summed E-state index contributed by atoms with van der Waals surface area (Å²) in [4.78, 5) is 18.9. The molecule has 3 rings (SSSR count). The lowest BCUT2D eigenvalue weighted by Crippen LogP contribution is -2.03. The standard InChI is InChI=1S/C18H13Cl3N4O3/c1-9-3-14(4-10(2)15(9)21)28-18-16(25(26)27)17(22-8-23-18)24-13-6-11(19)5-12(20)7-13/h3-8H,1-2H3,(H,22,23,24). The van der Waals surface area contributed by atoms with E-state index in [2.05, 4.69) is 15.3 Å². The lowest BCUT2D eigenvalue weighted by molar-refractivity contribution is -0.385. The van der Waals surface area contributed by atoms with Crippen molar-refractivity contribution in [1.82, 2.24) is 9.97 Å². The van der Waals surface area contributed by atoms with Crippen LogP contribution in [0.25, 0.3) is 0 Å². The highest BCUT2D eigenvalue weighted by molar-refractivity contribution is 6.35. The highest BCUT2D eigenvalue weighted by Gasteiger charge is 2.25. The Balaban J connectivity index is 2.01. The second-order valence-electron chi connectivity index (χ2n) is 5.89. The van der Waals surface area contributed by atoms with Crippen molar-refractivity contribution in [2.45, 2.75) is 13.8 Å². The van der Waals surface area contributed by atoms with Gasteiger partial charge >= 0.3 is 11.6 Å². The predicted octanol–water partition coefficient (Wildman–Crippen LogP) is 6.50. The number of ether oxygens (including phenoxy) is 1. The molecule has 7 nitrogen and oxygen atoms in total. The predicted molar refractivity (Wildman–Crippen MR) is 109 cm³/mol. The van der Waals surface area contributed by atoms with E-state index in [0.29, 0.717) is 26.5 Å². The normalized spacial score (nSPS) is 10.6. The van der Waals surface area contributed by atoms with Crippen molar-refractivity contribution in [2.24, 2.45) is 0 Å². The van der Waals surface area contributed by atoms with Gasteiger partial charge in [-0.2, -0.15) is 4.98 Å². The summed E-state index contributed by atoms with van der Waals surface area (Å²) in [5.74, 6) is 0.102. The first-order valence-corrected chi connectivity index (χ1v) is 9.05. The molecule has 0 fully saturated rings. The van der Waals surface area contributed by atoms with E-state index >= 15 is 0 Å². The molecule has 0 spiro atoms. The van der Waals surface area contributed by atoms with Gasteiger partial charge in [0.1, 0.15) is 12.1 Å². The van der Waals surface area contributed by atoms with Gasteiger partial charge in [0.2, 0.25) is 5.82 Å². The summed E-state index contributed by atoms with van der Waals surface area (Å²) >= 11 is 18.1. The number of hydrogen-bond acceptors (Lipinski definition) is 6. The molecule has 0 unspecified atom stereocenters. The number of nitro groups is 1. The van der Waals surface area contributed by atoms with Crippen LogP contribution in [0.1, 0.15) is 11.1 Å². The zero-order chi connectivity index (χ0) is 20.4. The van der Waals surface area contributed by atoms with E-state index in [1.807, 2.05) is 13.8 Å². The molecule has 0 bridgehead atoms. The van der Waals surface area contributed by atoms with Gasteiger partial charge in [-0.25, -0.2) is 4.98 Å². The molecule has 28 heavy (non-hydrogen) atoms. The van der Waals surface area contributed by atoms with Crippen LogP contribution in [0.5, 0.6) is 11.6 Å². The average Bonchev–Trinajstić information content (AvgIpc) is 2.58. The number of hydrogen-bond donors (Lipinski definition) is 1. The molecule has 1 aromatic heterocycles. The second-order valence-corrected chi connectivity index (χ2v) is 7.14. The maximum absolute atomic E-state index is 11.7.